The number of anilines is 1. The van der Waals surface area contributed by atoms with Gasteiger partial charge in [-0.15, -0.1) is 0 Å². The van der Waals surface area contributed by atoms with Crippen LogP contribution in [0.2, 0.25) is 5.02 Å². The van der Waals surface area contributed by atoms with Crippen LogP contribution < -0.4 is 4.72 Å². The molecule has 0 bridgehead atoms. The second-order valence-electron chi connectivity index (χ2n) is 6.32. The van der Waals surface area contributed by atoms with Crippen molar-refractivity contribution >= 4 is 37.3 Å². The molecule has 1 heterocycles. The molecule has 3 rings (SSSR count). The van der Waals surface area contributed by atoms with Crippen LogP contribution in [0.25, 0.3) is 0 Å². The van der Waals surface area contributed by atoms with Crippen molar-refractivity contribution in [1.82, 2.24) is 4.31 Å². The Morgan fingerprint density at radius 2 is 1.50 bits per heavy atom. The minimum absolute atomic E-state index is 0.0506. The molecule has 28 heavy (non-hydrogen) atoms. The van der Waals surface area contributed by atoms with Crippen LogP contribution >= 0.6 is 11.6 Å². The van der Waals surface area contributed by atoms with Gasteiger partial charge in [-0.25, -0.2) is 25.6 Å². The monoisotopic (exact) mass is 450 g/mol. The zero-order chi connectivity index (χ0) is 20.5. The van der Waals surface area contributed by atoms with Gasteiger partial charge in [-0.05, 0) is 43.2 Å². The van der Waals surface area contributed by atoms with Gasteiger partial charge in [0.05, 0.1) is 15.6 Å². The Morgan fingerprint density at radius 1 is 0.893 bits per heavy atom. The summed E-state index contributed by atoms with van der Waals surface area (Å²) in [6.45, 7) is 0.717. The Morgan fingerprint density at radius 3 is 2.11 bits per heavy atom. The van der Waals surface area contributed by atoms with Gasteiger partial charge in [0, 0.05) is 19.2 Å². The van der Waals surface area contributed by atoms with Crippen molar-refractivity contribution in [1.29, 1.82) is 0 Å². The first-order valence-corrected chi connectivity index (χ1v) is 11.7. The third-order valence-electron chi connectivity index (χ3n) is 4.26. The number of hydrogen-bond acceptors (Lipinski definition) is 4. The second kappa shape index (κ2) is 7.94. The van der Waals surface area contributed by atoms with Crippen LogP contribution in [0, 0.1) is 11.6 Å². The van der Waals surface area contributed by atoms with E-state index in [-0.39, 0.29) is 15.6 Å². The largest absolute Gasteiger partial charge is 0.280 e. The Bertz CT molecular complexity index is 1080. The van der Waals surface area contributed by atoms with E-state index in [1.807, 2.05) is 0 Å². The molecule has 6 nitrogen and oxygen atoms in total. The summed E-state index contributed by atoms with van der Waals surface area (Å²) in [7, 11) is -8.24. The molecular weight excluding hydrogens is 434 g/mol. The van der Waals surface area contributed by atoms with Crippen molar-refractivity contribution < 1.29 is 25.6 Å². The van der Waals surface area contributed by atoms with Gasteiger partial charge < -0.3 is 0 Å². The van der Waals surface area contributed by atoms with Gasteiger partial charge >= 0.3 is 0 Å². The molecule has 0 aromatic heterocycles. The summed E-state index contributed by atoms with van der Waals surface area (Å²) in [6.07, 6.45) is 2.40. The molecule has 11 heteroatoms. The second-order valence-corrected chi connectivity index (χ2v) is 10.3. The van der Waals surface area contributed by atoms with Crippen molar-refractivity contribution in [2.75, 3.05) is 17.8 Å². The summed E-state index contributed by atoms with van der Waals surface area (Å²) < 4.78 is 80.6. The Labute approximate surface area is 167 Å². The highest BCUT2D eigenvalue weighted by molar-refractivity contribution is 7.92. The molecule has 1 aliphatic heterocycles. The fourth-order valence-corrected chi connectivity index (χ4v) is 6.01. The highest BCUT2D eigenvalue weighted by Gasteiger charge is 2.28. The number of benzene rings is 2. The zero-order valence-corrected chi connectivity index (χ0v) is 16.9. The van der Waals surface area contributed by atoms with E-state index >= 15 is 0 Å². The lowest BCUT2D eigenvalue weighted by Gasteiger charge is -2.26. The average Bonchev–Trinajstić information content (AvgIpc) is 2.63. The Kier molecular flexibility index (Phi) is 5.95. The van der Waals surface area contributed by atoms with Gasteiger partial charge in [0.1, 0.15) is 16.5 Å². The van der Waals surface area contributed by atoms with E-state index in [9.17, 15) is 25.6 Å². The molecule has 0 radical (unpaired) electrons. The molecule has 0 atom stereocenters. The molecule has 2 aromatic rings. The number of hydrogen-bond donors (Lipinski definition) is 1. The molecule has 1 fully saturated rings. The third kappa shape index (κ3) is 4.45. The van der Waals surface area contributed by atoms with Crippen molar-refractivity contribution in [3.8, 4) is 0 Å². The normalized spacial score (nSPS) is 16.1. The predicted octanol–water partition coefficient (Wildman–Crippen LogP) is 3.59. The fraction of sp³-hybridized carbons (Fsp3) is 0.294. The molecule has 1 N–H and O–H groups in total. The van der Waals surface area contributed by atoms with Gasteiger partial charge in [-0.3, -0.25) is 4.72 Å². The number of sulfonamides is 2. The van der Waals surface area contributed by atoms with Crippen LogP contribution in [0.15, 0.2) is 46.2 Å². The minimum Gasteiger partial charge on any atom is -0.280 e. The van der Waals surface area contributed by atoms with Crippen molar-refractivity contribution in [2.24, 2.45) is 0 Å². The summed E-state index contributed by atoms with van der Waals surface area (Å²) in [6, 6.07) is 5.48. The van der Waals surface area contributed by atoms with Crippen LogP contribution in [-0.4, -0.2) is 34.2 Å². The molecule has 2 aromatic carbocycles. The van der Waals surface area contributed by atoms with Crippen LogP contribution in [-0.2, 0) is 20.0 Å². The quantitative estimate of drug-likeness (QED) is 0.754. The van der Waals surface area contributed by atoms with E-state index in [0.29, 0.717) is 31.3 Å². The van der Waals surface area contributed by atoms with E-state index in [2.05, 4.69) is 4.72 Å². The summed E-state index contributed by atoms with van der Waals surface area (Å²) in [5.41, 5.74) is -0.0929. The van der Waals surface area contributed by atoms with Crippen molar-refractivity contribution in [2.45, 2.75) is 29.1 Å². The molecule has 1 saturated heterocycles. The van der Waals surface area contributed by atoms with E-state index in [1.54, 1.807) is 0 Å². The maximum absolute atomic E-state index is 13.3. The van der Waals surface area contributed by atoms with Gasteiger partial charge in [0.25, 0.3) is 10.0 Å². The predicted molar refractivity (Wildman–Crippen MR) is 101 cm³/mol. The van der Waals surface area contributed by atoms with Gasteiger partial charge in [0.15, 0.2) is 0 Å². The average molecular weight is 451 g/mol. The molecule has 0 amide bonds. The van der Waals surface area contributed by atoms with Gasteiger partial charge in [-0.1, -0.05) is 18.0 Å². The molecule has 152 valence electrons. The maximum Gasteiger partial charge on any atom is 0.262 e. The van der Waals surface area contributed by atoms with E-state index in [4.69, 9.17) is 11.6 Å². The lowest BCUT2D eigenvalue weighted by Crippen LogP contribution is -2.35. The SMILES string of the molecule is O=S(=O)(Nc1ccc(Cl)c(S(=O)(=O)N2CCCCC2)c1)c1cc(F)cc(F)c1. The first-order valence-electron chi connectivity index (χ1n) is 8.38. The summed E-state index contributed by atoms with van der Waals surface area (Å²) in [4.78, 5) is -0.859. The van der Waals surface area contributed by atoms with Crippen molar-refractivity contribution in [3.63, 3.8) is 0 Å². The lowest BCUT2D eigenvalue weighted by molar-refractivity contribution is 0.346. The summed E-state index contributed by atoms with van der Waals surface area (Å²) in [5.74, 6) is -2.10. The Balaban J connectivity index is 1.95. The first-order chi connectivity index (χ1) is 13.1. The molecular formula is C17H17ClF2N2O4S2. The zero-order valence-electron chi connectivity index (χ0n) is 14.5. The van der Waals surface area contributed by atoms with E-state index in [0.717, 1.165) is 25.3 Å². The number of halogens is 3. The standard InChI is InChI=1S/C17H17ClF2N2O4S2/c18-16-5-4-14(11-17(16)28(25,26)22-6-2-1-3-7-22)21-27(23,24)15-9-12(19)8-13(20)10-15/h4-5,8-11,21H,1-3,6-7H2. The van der Waals surface area contributed by atoms with Crippen LogP contribution in [0.4, 0.5) is 14.5 Å². The third-order valence-corrected chi connectivity index (χ3v) is 8.00. The highest BCUT2D eigenvalue weighted by Crippen LogP contribution is 2.30. The number of nitrogens with one attached hydrogen (secondary N) is 1. The van der Waals surface area contributed by atoms with Crippen LogP contribution in [0.1, 0.15) is 19.3 Å². The number of nitrogens with zero attached hydrogens (tertiary/aromatic N) is 1. The molecule has 0 unspecified atom stereocenters. The fourth-order valence-electron chi connectivity index (χ4n) is 2.91. The molecule has 0 aliphatic carbocycles. The minimum atomic E-state index is -4.34. The maximum atomic E-state index is 13.3. The Hall–Kier alpha value is -1.75. The molecule has 1 aliphatic rings. The lowest BCUT2D eigenvalue weighted by atomic mass is 10.2. The summed E-state index contributed by atoms with van der Waals surface area (Å²) in [5, 5.41) is -0.0506. The smallest absolute Gasteiger partial charge is 0.262 e. The molecule has 0 spiro atoms. The van der Waals surface area contributed by atoms with Gasteiger partial charge in [0.2, 0.25) is 10.0 Å². The first kappa shape index (κ1) is 21.0. The number of rotatable bonds is 5. The van der Waals surface area contributed by atoms with E-state index in [1.165, 1.54) is 16.4 Å². The number of piperidine rings is 1. The van der Waals surface area contributed by atoms with Crippen LogP contribution in [0.5, 0.6) is 0 Å². The van der Waals surface area contributed by atoms with Crippen molar-refractivity contribution in [3.05, 3.63) is 53.1 Å². The molecule has 0 saturated carbocycles. The van der Waals surface area contributed by atoms with Crippen LogP contribution in [0.3, 0.4) is 0 Å². The van der Waals surface area contributed by atoms with E-state index < -0.39 is 36.6 Å². The highest BCUT2D eigenvalue weighted by atomic mass is 35.5. The summed E-state index contributed by atoms with van der Waals surface area (Å²) >= 11 is 6.05. The topological polar surface area (TPSA) is 83.5 Å². The van der Waals surface area contributed by atoms with Gasteiger partial charge in [-0.2, -0.15) is 4.31 Å².